The van der Waals surface area contributed by atoms with Crippen molar-refractivity contribution >= 4 is 0 Å². The molecule has 1 aliphatic carbocycles. The molecule has 1 saturated carbocycles. The molecule has 1 aliphatic rings. The van der Waals surface area contributed by atoms with Crippen molar-refractivity contribution in [3.8, 4) is 0 Å². The monoisotopic (exact) mass is 169 g/mol. The van der Waals surface area contributed by atoms with Gasteiger partial charge < -0.3 is 5.32 Å². The maximum atomic E-state index is 3.24. The summed E-state index contributed by atoms with van der Waals surface area (Å²) < 4.78 is 0. The first kappa shape index (κ1) is 10.0. The Hall–Kier alpha value is -0.0400. The van der Waals surface area contributed by atoms with Gasteiger partial charge in [-0.1, -0.05) is 13.8 Å². The minimum Gasteiger partial charge on any atom is -0.320 e. The molecule has 0 aromatic heterocycles. The van der Waals surface area contributed by atoms with Crippen LogP contribution in [0.25, 0.3) is 0 Å². The van der Waals surface area contributed by atoms with Gasteiger partial charge in [0.05, 0.1) is 0 Å². The van der Waals surface area contributed by atoms with E-state index in [1.54, 1.807) is 0 Å². The molecule has 0 amide bonds. The molecule has 1 N–H and O–H groups in total. The second-order valence-electron chi connectivity index (χ2n) is 4.68. The molecule has 1 rings (SSSR count). The summed E-state index contributed by atoms with van der Waals surface area (Å²) in [5, 5.41) is 3.24. The van der Waals surface area contributed by atoms with Crippen molar-refractivity contribution in [1.29, 1.82) is 0 Å². The first-order chi connectivity index (χ1) is 5.72. The van der Waals surface area contributed by atoms with Crippen molar-refractivity contribution in [1.82, 2.24) is 5.32 Å². The van der Waals surface area contributed by atoms with Gasteiger partial charge in [0.1, 0.15) is 0 Å². The lowest BCUT2D eigenvalue weighted by Crippen LogP contribution is -2.22. The van der Waals surface area contributed by atoms with E-state index in [1.165, 1.54) is 32.2 Å². The van der Waals surface area contributed by atoms with Crippen molar-refractivity contribution in [2.24, 2.45) is 17.8 Å². The minimum absolute atomic E-state index is 0.968. The van der Waals surface area contributed by atoms with E-state index in [-0.39, 0.29) is 0 Å². The largest absolute Gasteiger partial charge is 0.320 e. The maximum absolute atomic E-state index is 3.24. The summed E-state index contributed by atoms with van der Waals surface area (Å²) in [4.78, 5) is 0. The first-order valence-corrected chi connectivity index (χ1v) is 5.37. The third-order valence-corrected chi connectivity index (χ3v) is 3.08. The van der Waals surface area contributed by atoms with E-state index in [9.17, 15) is 0 Å². The molecule has 1 fully saturated rings. The van der Waals surface area contributed by atoms with Crippen molar-refractivity contribution in [3.63, 3.8) is 0 Å². The van der Waals surface area contributed by atoms with Crippen LogP contribution in [0.1, 0.15) is 39.5 Å². The van der Waals surface area contributed by atoms with Crippen molar-refractivity contribution in [2.45, 2.75) is 39.5 Å². The summed E-state index contributed by atoms with van der Waals surface area (Å²) >= 11 is 0. The lowest BCUT2D eigenvalue weighted by molar-refractivity contribution is 0.210. The third-order valence-electron chi connectivity index (χ3n) is 3.08. The molecular weight excluding hydrogens is 146 g/mol. The smallest absolute Gasteiger partial charge is 0.00493 e. The Balaban J connectivity index is 2.24. The van der Waals surface area contributed by atoms with Crippen LogP contribution < -0.4 is 5.32 Å². The summed E-state index contributed by atoms with van der Waals surface area (Å²) in [6.45, 7) is 6.01. The molecule has 0 radical (unpaired) electrons. The van der Waals surface area contributed by atoms with Crippen LogP contribution in [-0.2, 0) is 0 Å². The van der Waals surface area contributed by atoms with Gasteiger partial charge in [-0.05, 0) is 57.0 Å². The zero-order chi connectivity index (χ0) is 8.97. The highest BCUT2D eigenvalue weighted by molar-refractivity contribution is 4.75. The molecule has 2 atom stereocenters. The fourth-order valence-electron chi connectivity index (χ4n) is 2.70. The molecule has 72 valence electrons. The Bertz CT molecular complexity index is 112. The molecule has 0 aromatic rings. The van der Waals surface area contributed by atoms with Crippen LogP contribution in [0.5, 0.6) is 0 Å². The van der Waals surface area contributed by atoms with Crippen LogP contribution in [0.15, 0.2) is 0 Å². The van der Waals surface area contributed by atoms with Crippen LogP contribution in [0.4, 0.5) is 0 Å². The summed E-state index contributed by atoms with van der Waals surface area (Å²) in [5.41, 5.74) is 0. The highest BCUT2D eigenvalue weighted by Crippen LogP contribution is 2.34. The van der Waals surface area contributed by atoms with Crippen LogP contribution in [-0.4, -0.2) is 13.6 Å². The van der Waals surface area contributed by atoms with Crippen LogP contribution in [0, 0.1) is 17.8 Å². The summed E-state index contributed by atoms with van der Waals surface area (Å²) in [6, 6.07) is 0. The minimum atomic E-state index is 0.968. The fourth-order valence-corrected chi connectivity index (χ4v) is 2.70. The zero-order valence-electron chi connectivity index (χ0n) is 8.77. The average molecular weight is 169 g/mol. The molecule has 1 nitrogen and oxygen atoms in total. The summed E-state index contributed by atoms with van der Waals surface area (Å²) in [7, 11) is 2.05. The van der Waals surface area contributed by atoms with Gasteiger partial charge in [-0.3, -0.25) is 0 Å². The Morgan fingerprint density at radius 2 is 1.67 bits per heavy atom. The van der Waals surface area contributed by atoms with Crippen molar-refractivity contribution in [2.75, 3.05) is 13.6 Å². The first-order valence-electron chi connectivity index (χ1n) is 5.37. The molecule has 0 spiro atoms. The van der Waals surface area contributed by atoms with Gasteiger partial charge in [-0.2, -0.15) is 0 Å². The number of nitrogens with one attached hydrogen (secondary N) is 1. The quantitative estimate of drug-likeness (QED) is 0.685. The molecule has 2 unspecified atom stereocenters. The van der Waals surface area contributed by atoms with Crippen molar-refractivity contribution < 1.29 is 0 Å². The molecular formula is C11H23N. The van der Waals surface area contributed by atoms with E-state index >= 15 is 0 Å². The van der Waals surface area contributed by atoms with E-state index in [2.05, 4.69) is 26.2 Å². The highest BCUT2D eigenvalue weighted by Gasteiger charge is 2.22. The van der Waals surface area contributed by atoms with Crippen molar-refractivity contribution in [3.05, 3.63) is 0 Å². The number of rotatable bonds is 3. The molecule has 12 heavy (non-hydrogen) atoms. The predicted molar refractivity (Wildman–Crippen MR) is 54.2 cm³/mol. The van der Waals surface area contributed by atoms with Gasteiger partial charge in [0.2, 0.25) is 0 Å². The van der Waals surface area contributed by atoms with Crippen LogP contribution in [0.3, 0.4) is 0 Å². The van der Waals surface area contributed by atoms with Gasteiger partial charge in [-0.25, -0.2) is 0 Å². The molecule has 1 heteroatoms. The number of hydrogen-bond acceptors (Lipinski definition) is 1. The fraction of sp³-hybridized carbons (Fsp3) is 1.00. The normalized spacial score (nSPS) is 36.8. The van der Waals surface area contributed by atoms with E-state index in [0.717, 1.165) is 17.8 Å². The van der Waals surface area contributed by atoms with E-state index in [1.807, 2.05) is 0 Å². The van der Waals surface area contributed by atoms with E-state index in [4.69, 9.17) is 0 Å². The highest BCUT2D eigenvalue weighted by atomic mass is 14.8. The van der Waals surface area contributed by atoms with E-state index in [0.29, 0.717) is 0 Å². The lowest BCUT2D eigenvalue weighted by atomic mass is 9.75. The second-order valence-corrected chi connectivity index (χ2v) is 4.68. The van der Waals surface area contributed by atoms with Gasteiger partial charge in [-0.15, -0.1) is 0 Å². The van der Waals surface area contributed by atoms with Gasteiger partial charge in [0.15, 0.2) is 0 Å². The second kappa shape index (κ2) is 4.86. The standard InChI is InChI=1S/C11H23N/c1-9-6-10(2)8-11(7-9)4-5-12-3/h9-12H,4-8H2,1-3H3. The molecule has 0 saturated heterocycles. The van der Waals surface area contributed by atoms with Crippen LogP contribution >= 0.6 is 0 Å². The Morgan fingerprint density at radius 1 is 1.08 bits per heavy atom. The molecule has 0 bridgehead atoms. The average Bonchev–Trinajstić information content (AvgIpc) is 1.99. The number of hydrogen-bond donors (Lipinski definition) is 1. The molecule has 0 aromatic carbocycles. The molecule has 0 heterocycles. The zero-order valence-corrected chi connectivity index (χ0v) is 8.77. The third kappa shape index (κ3) is 3.14. The lowest BCUT2D eigenvalue weighted by Gasteiger charge is -2.31. The summed E-state index contributed by atoms with van der Waals surface area (Å²) in [6.07, 6.45) is 5.76. The van der Waals surface area contributed by atoms with Crippen LogP contribution in [0.2, 0.25) is 0 Å². The van der Waals surface area contributed by atoms with Gasteiger partial charge >= 0.3 is 0 Å². The Labute approximate surface area is 76.9 Å². The van der Waals surface area contributed by atoms with Gasteiger partial charge in [0, 0.05) is 0 Å². The topological polar surface area (TPSA) is 12.0 Å². The maximum Gasteiger partial charge on any atom is -0.00493 e. The molecule has 0 aliphatic heterocycles. The SMILES string of the molecule is CNCCC1CC(C)CC(C)C1. The summed E-state index contributed by atoms with van der Waals surface area (Å²) in [5.74, 6) is 2.93. The Kier molecular flexibility index (Phi) is 4.07. The Morgan fingerprint density at radius 3 is 2.17 bits per heavy atom. The predicted octanol–water partition coefficient (Wildman–Crippen LogP) is 2.67. The van der Waals surface area contributed by atoms with E-state index < -0.39 is 0 Å². The van der Waals surface area contributed by atoms with Gasteiger partial charge in [0.25, 0.3) is 0 Å².